The molecule has 1 heterocycles. The normalized spacial score (nSPS) is 16.4. The third-order valence-corrected chi connectivity index (χ3v) is 4.51. The molecule has 0 N–H and O–H groups in total. The van der Waals surface area contributed by atoms with Gasteiger partial charge in [0.2, 0.25) is 0 Å². The van der Waals surface area contributed by atoms with Gasteiger partial charge in [-0.15, -0.1) is 0 Å². The first-order valence-corrected chi connectivity index (χ1v) is 8.65. The summed E-state index contributed by atoms with van der Waals surface area (Å²) in [5.74, 6) is 0. The maximum Gasteiger partial charge on any atom is 0.140 e. The van der Waals surface area contributed by atoms with Gasteiger partial charge < -0.3 is 4.90 Å². The molecule has 2 heteroatoms. The Morgan fingerprint density at radius 3 is 1.81 bits per heavy atom. The van der Waals surface area contributed by atoms with Crippen LogP contribution in [0.4, 0.5) is 5.69 Å². The van der Waals surface area contributed by atoms with E-state index in [0.717, 1.165) is 28.1 Å². The van der Waals surface area contributed by atoms with Crippen LogP contribution in [0.1, 0.15) is 11.1 Å². The van der Waals surface area contributed by atoms with Gasteiger partial charge in [0.05, 0.1) is 11.8 Å². The van der Waals surface area contributed by atoms with Crippen LogP contribution in [-0.2, 0) is 0 Å². The average molecular weight is 334 g/mol. The van der Waals surface area contributed by atoms with Gasteiger partial charge in [-0.05, 0) is 41.0 Å². The highest BCUT2D eigenvalue weighted by atomic mass is 15.2. The van der Waals surface area contributed by atoms with E-state index < -0.39 is 0 Å². The Morgan fingerprint density at radius 1 is 0.692 bits per heavy atom. The van der Waals surface area contributed by atoms with Crippen molar-refractivity contribution in [2.75, 3.05) is 4.90 Å². The van der Waals surface area contributed by atoms with Crippen molar-refractivity contribution >= 4 is 17.0 Å². The van der Waals surface area contributed by atoms with Crippen LogP contribution >= 0.6 is 0 Å². The second kappa shape index (κ2) is 7.13. The molecule has 26 heavy (non-hydrogen) atoms. The van der Waals surface area contributed by atoms with Crippen LogP contribution in [0.5, 0.6) is 0 Å². The summed E-state index contributed by atoms with van der Waals surface area (Å²) in [5, 5.41) is 9.89. The maximum absolute atomic E-state index is 9.89. The van der Waals surface area contributed by atoms with Gasteiger partial charge in [0.15, 0.2) is 0 Å². The van der Waals surface area contributed by atoms with Crippen LogP contribution in [0.15, 0.2) is 103 Å². The molecule has 0 aliphatic carbocycles. The maximum atomic E-state index is 9.89. The van der Waals surface area contributed by atoms with E-state index in [0.29, 0.717) is 0 Å². The number of para-hydroxylation sites is 1. The summed E-state index contributed by atoms with van der Waals surface area (Å²) in [5.41, 5.74) is 5.33. The van der Waals surface area contributed by atoms with E-state index in [9.17, 15) is 5.26 Å². The number of nitriles is 1. The van der Waals surface area contributed by atoms with Crippen molar-refractivity contribution < 1.29 is 0 Å². The van der Waals surface area contributed by atoms with Gasteiger partial charge in [0, 0.05) is 5.69 Å². The summed E-state index contributed by atoms with van der Waals surface area (Å²) in [6.07, 6.45) is 4.21. The lowest BCUT2D eigenvalue weighted by Gasteiger charge is -2.34. The van der Waals surface area contributed by atoms with Crippen molar-refractivity contribution in [3.05, 3.63) is 114 Å². The first-order valence-electron chi connectivity index (χ1n) is 8.65. The van der Waals surface area contributed by atoms with Crippen molar-refractivity contribution in [2.24, 2.45) is 0 Å². The van der Waals surface area contributed by atoms with E-state index in [1.807, 2.05) is 72.8 Å². The molecule has 1 unspecified atom stereocenters. The van der Waals surface area contributed by atoms with Crippen LogP contribution in [0.25, 0.3) is 11.3 Å². The molecule has 3 aromatic carbocycles. The molecule has 0 saturated heterocycles. The first-order chi connectivity index (χ1) is 12.9. The Balaban J connectivity index is 1.89. The average Bonchev–Trinajstić information content (AvgIpc) is 2.74. The van der Waals surface area contributed by atoms with Gasteiger partial charge in [0.1, 0.15) is 6.04 Å². The summed E-state index contributed by atoms with van der Waals surface area (Å²) in [4.78, 5) is 2.10. The Hall–Kier alpha value is -3.57. The molecule has 0 amide bonds. The molecule has 0 fully saturated rings. The molecule has 124 valence electrons. The van der Waals surface area contributed by atoms with E-state index in [4.69, 9.17) is 0 Å². The minimum absolute atomic E-state index is 0.368. The van der Waals surface area contributed by atoms with Crippen LogP contribution in [-0.4, -0.2) is 6.04 Å². The monoisotopic (exact) mass is 334 g/mol. The fourth-order valence-corrected chi connectivity index (χ4v) is 3.28. The zero-order valence-electron chi connectivity index (χ0n) is 14.3. The second-order valence-electron chi connectivity index (χ2n) is 6.16. The molecule has 1 aliphatic rings. The van der Waals surface area contributed by atoms with Gasteiger partial charge in [-0.2, -0.15) is 5.26 Å². The van der Waals surface area contributed by atoms with Gasteiger partial charge in [-0.3, -0.25) is 0 Å². The minimum Gasteiger partial charge on any atom is -0.321 e. The Morgan fingerprint density at radius 2 is 1.23 bits per heavy atom. The molecular weight excluding hydrogens is 316 g/mol. The highest BCUT2D eigenvalue weighted by molar-refractivity contribution is 5.93. The highest BCUT2D eigenvalue weighted by Crippen LogP contribution is 2.36. The number of hydrogen-bond donors (Lipinski definition) is 0. The van der Waals surface area contributed by atoms with Gasteiger partial charge in [-0.25, -0.2) is 0 Å². The number of anilines is 1. The fraction of sp³-hybridized carbons (Fsp3) is 0.0417. The highest BCUT2D eigenvalue weighted by Gasteiger charge is 2.26. The molecule has 3 aromatic rings. The summed E-state index contributed by atoms with van der Waals surface area (Å²) in [6, 6.07) is 32.6. The Kier molecular flexibility index (Phi) is 4.37. The molecule has 1 aliphatic heterocycles. The summed E-state index contributed by atoms with van der Waals surface area (Å²) in [6.45, 7) is 0. The summed E-state index contributed by atoms with van der Waals surface area (Å²) in [7, 11) is 0. The lowest BCUT2D eigenvalue weighted by Crippen LogP contribution is -2.33. The van der Waals surface area contributed by atoms with Gasteiger partial charge in [-0.1, -0.05) is 78.9 Å². The van der Waals surface area contributed by atoms with Crippen molar-refractivity contribution in [1.29, 1.82) is 5.26 Å². The predicted molar refractivity (Wildman–Crippen MR) is 107 cm³/mol. The number of nitrogens with zero attached hydrogens (tertiary/aromatic N) is 2. The van der Waals surface area contributed by atoms with Crippen LogP contribution in [0.3, 0.4) is 0 Å². The standard InChI is InChI=1S/C24H18N2/c25-18-23-16-21(19-10-4-1-5-11-19)17-24(20-12-6-2-7-13-20)26(23)22-14-8-3-9-15-22/h1-17,23H. The van der Waals surface area contributed by atoms with E-state index in [-0.39, 0.29) is 6.04 Å². The SMILES string of the molecule is N#CC1C=C(c2ccccc2)C=C(c2ccccc2)N1c1ccccc1. The van der Waals surface area contributed by atoms with Crippen LogP contribution < -0.4 is 4.90 Å². The predicted octanol–water partition coefficient (Wildman–Crippen LogP) is 5.52. The summed E-state index contributed by atoms with van der Waals surface area (Å²) >= 11 is 0. The van der Waals surface area contributed by atoms with Crippen molar-refractivity contribution in [1.82, 2.24) is 0 Å². The molecule has 4 rings (SSSR count). The number of benzene rings is 3. The number of allylic oxidation sites excluding steroid dienone is 2. The third kappa shape index (κ3) is 3.03. The van der Waals surface area contributed by atoms with E-state index in [2.05, 4.69) is 41.3 Å². The van der Waals surface area contributed by atoms with Crippen molar-refractivity contribution in [3.8, 4) is 6.07 Å². The van der Waals surface area contributed by atoms with Gasteiger partial charge >= 0.3 is 0 Å². The quantitative estimate of drug-likeness (QED) is 0.630. The zero-order chi connectivity index (χ0) is 17.8. The molecule has 0 spiro atoms. The number of hydrogen-bond acceptors (Lipinski definition) is 2. The van der Waals surface area contributed by atoms with E-state index >= 15 is 0 Å². The zero-order valence-corrected chi connectivity index (χ0v) is 14.3. The van der Waals surface area contributed by atoms with Crippen LogP contribution in [0.2, 0.25) is 0 Å². The van der Waals surface area contributed by atoms with Crippen LogP contribution in [0, 0.1) is 11.3 Å². The molecule has 1 atom stereocenters. The molecular formula is C24H18N2. The lowest BCUT2D eigenvalue weighted by atomic mass is 9.94. The molecule has 0 radical (unpaired) electrons. The van der Waals surface area contributed by atoms with E-state index in [1.165, 1.54) is 0 Å². The molecule has 0 saturated carbocycles. The largest absolute Gasteiger partial charge is 0.321 e. The van der Waals surface area contributed by atoms with Crippen molar-refractivity contribution in [3.63, 3.8) is 0 Å². The third-order valence-electron chi connectivity index (χ3n) is 4.51. The Labute approximate surface area is 154 Å². The Bertz CT molecular complexity index is 981. The molecule has 0 aromatic heterocycles. The topological polar surface area (TPSA) is 27.0 Å². The smallest absolute Gasteiger partial charge is 0.140 e. The van der Waals surface area contributed by atoms with E-state index in [1.54, 1.807) is 0 Å². The second-order valence-corrected chi connectivity index (χ2v) is 6.16. The van der Waals surface area contributed by atoms with Crippen molar-refractivity contribution in [2.45, 2.75) is 6.04 Å². The fourth-order valence-electron chi connectivity index (χ4n) is 3.28. The first kappa shape index (κ1) is 15.9. The van der Waals surface area contributed by atoms with Gasteiger partial charge in [0.25, 0.3) is 0 Å². The molecule has 2 nitrogen and oxygen atoms in total. The lowest BCUT2D eigenvalue weighted by molar-refractivity contribution is 0.953. The number of rotatable bonds is 3. The molecule has 0 bridgehead atoms. The summed E-state index contributed by atoms with van der Waals surface area (Å²) < 4.78 is 0. The minimum atomic E-state index is -0.368.